The highest BCUT2D eigenvalue weighted by Crippen LogP contribution is 2.27. The quantitative estimate of drug-likeness (QED) is 0.849. The van der Waals surface area contributed by atoms with Crippen LogP contribution in [0.15, 0.2) is 22.7 Å². The van der Waals surface area contributed by atoms with Crippen molar-refractivity contribution in [3.05, 3.63) is 28.2 Å². The largest absolute Gasteiger partial charge is 0.490 e. The first-order chi connectivity index (χ1) is 8.66. The fourth-order valence-corrected chi connectivity index (χ4v) is 2.82. The standard InChI is InChI=1S/C14H17BrO3/c15-13-9-11(7-8-12(13)14(16)17)18-10-5-3-1-2-4-6-10/h7-10H,1-6H2,(H,16,17). The molecule has 0 spiro atoms. The van der Waals surface area contributed by atoms with Crippen molar-refractivity contribution in [2.24, 2.45) is 0 Å². The molecule has 1 aromatic carbocycles. The van der Waals surface area contributed by atoms with Gasteiger partial charge in [0.05, 0.1) is 11.7 Å². The fourth-order valence-electron chi connectivity index (χ4n) is 2.29. The molecule has 4 heteroatoms. The molecule has 1 fully saturated rings. The van der Waals surface area contributed by atoms with Gasteiger partial charge in [-0.15, -0.1) is 0 Å². The van der Waals surface area contributed by atoms with Crippen LogP contribution in [-0.2, 0) is 0 Å². The van der Waals surface area contributed by atoms with E-state index in [1.807, 2.05) is 0 Å². The number of carboxylic acid groups (broad SMARTS) is 1. The van der Waals surface area contributed by atoms with Crippen molar-refractivity contribution in [1.82, 2.24) is 0 Å². The van der Waals surface area contributed by atoms with Crippen LogP contribution in [-0.4, -0.2) is 17.2 Å². The minimum Gasteiger partial charge on any atom is -0.490 e. The Morgan fingerprint density at radius 3 is 2.44 bits per heavy atom. The van der Waals surface area contributed by atoms with Crippen LogP contribution >= 0.6 is 15.9 Å². The average molecular weight is 313 g/mol. The number of halogens is 1. The van der Waals surface area contributed by atoms with E-state index < -0.39 is 5.97 Å². The summed E-state index contributed by atoms with van der Waals surface area (Å²) < 4.78 is 6.50. The van der Waals surface area contributed by atoms with E-state index >= 15 is 0 Å². The zero-order valence-electron chi connectivity index (χ0n) is 10.2. The summed E-state index contributed by atoms with van der Waals surface area (Å²) in [4.78, 5) is 10.9. The number of ether oxygens (including phenoxy) is 1. The van der Waals surface area contributed by atoms with Gasteiger partial charge in [-0.2, -0.15) is 0 Å². The molecule has 1 aliphatic carbocycles. The second-order valence-corrected chi connectivity index (χ2v) is 5.53. The second-order valence-electron chi connectivity index (χ2n) is 4.68. The van der Waals surface area contributed by atoms with E-state index in [0.29, 0.717) is 4.47 Å². The molecular formula is C14H17BrO3. The number of hydrogen-bond donors (Lipinski definition) is 1. The lowest BCUT2D eigenvalue weighted by Gasteiger charge is -2.17. The van der Waals surface area contributed by atoms with Crippen LogP contribution in [0.3, 0.4) is 0 Å². The van der Waals surface area contributed by atoms with Gasteiger partial charge >= 0.3 is 5.97 Å². The van der Waals surface area contributed by atoms with Crippen molar-refractivity contribution < 1.29 is 14.6 Å². The van der Waals surface area contributed by atoms with Gasteiger partial charge in [0.1, 0.15) is 5.75 Å². The highest BCUT2D eigenvalue weighted by Gasteiger charge is 2.15. The first kappa shape index (κ1) is 13.4. The van der Waals surface area contributed by atoms with Gasteiger partial charge in [-0.1, -0.05) is 12.8 Å². The lowest BCUT2D eigenvalue weighted by Crippen LogP contribution is -2.15. The molecule has 1 saturated carbocycles. The first-order valence-electron chi connectivity index (χ1n) is 6.36. The van der Waals surface area contributed by atoms with E-state index in [1.165, 1.54) is 25.7 Å². The molecule has 1 aromatic rings. The molecule has 0 saturated heterocycles. The molecule has 98 valence electrons. The van der Waals surface area contributed by atoms with E-state index in [0.717, 1.165) is 18.6 Å². The molecule has 18 heavy (non-hydrogen) atoms. The van der Waals surface area contributed by atoms with Crippen molar-refractivity contribution in [3.63, 3.8) is 0 Å². The average Bonchev–Trinajstić information content (AvgIpc) is 2.57. The van der Waals surface area contributed by atoms with Gasteiger partial charge in [-0.05, 0) is 59.8 Å². The van der Waals surface area contributed by atoms with Crippen molar-refractivity contribution in [2.45, 2.75) is 44.6 Å². The molecule has 0 heterocycles. The van der Waals surface area contributed by atoms with Gasteiger partial charge in [0, 0.05) is 4.47 Å². The third-order valence-corrected chi connectivity index (χ3v) is 3.93. The number of carbonyl (C=O) groups is 1. The summed E-state index contributed by atoms with van der Waals surface area (Å²) >= 11 is 3.27. The van der Waals surface area contributed by atoms with E-state index in [4.69, 9.17) is 9.84 Å². The summed E-state index contributed by atoms with van der Waals surface area (Å²) in [6.07, 6.45) is 7.49. The summed E-state index contributed by atoms with van der Waals surface area (Å²) in [5.41, 5.74) is 0.267. The molecule has 0 amide bonds. The van der Waals surface area contributed by atoms with Gasteiger partial charge in [0.15, 0.2) is 0 Å². The van der Waals surface area contributed by atoms with E-state index in [-0.39, 0.29) is 11.7 Å². The molecule has 0 unspecified atom stereocenters. The van der Waals surface area contributed by atoms with Gasteiger partial charge in [0.2, 0.25) is 0 Å². The Bertz CT molecular complexity index is 423. The van der Waals surface area contributed by atoms with Crippen LogP contribution in [0.25, 0.3) is 0 Å². The number of aromatic carboxylic acids is 1. The van der Waals surface area contributed by atoms with Crippen molar-refractivity contribution in [3.8, 4) is 5.75 Å². The molecule has 0 aromatic heterocycles. The molecule has 0 radical (unpaired) electrons. The van der Waals surface area contributed by atoms with Crippen molar-refractivity contribution >= 4 is 21.9 Å². The zero-order chi connectivity index (χ0) is 13.0. The monoisotopic (exact) mass is 312 g/mol. The lowest BCUT2D eigenvalue weighted by atomic mass is 10.1. The minimum absolute atomic E-state index is 0.267. The summed E-state index contributed by atoms with van der Waals surface area (Å²) in [6.45, 7) is 0. The Hall–Kier alpha value is -1.03. The van der Waals surface area contributed by atoms with Crippen LogP contribution in [0.4, 0.5) is 0 Å². The van der Waals surface area contributed by atoms with E-state index in [9.17, 15) is 4.79 Å². The molecule has 3 nitrogen and oxygen atoms in total. The minimum atomic E-state index is -0.928. The Balaban J connectivity index is 2.05. The molecule has 2 rings (SSSR count). The predicted octanol–water partition coefficient (Wildman–Crippen LogP) is 4.25. The SMILES string of the molecule is O=C(O)c1ccc(OC2CCCCCC2)cc1Br. The summed E-state index contributed by atoms with van der Waals surface area (Å²) in [6, 6.07) is 5.06. The lowest BCUT2D eigenvalue weighted by molar-refractivity contribution is 0.0696. The molecular weight excluding hydrogens is 296 g/mol. The Kier molecular flexibility index (Phi) is 4.64. The summed E-state index contributed by atoms with van der Waals surface area (Å²) in [5.74, 6) is -0.179. The van der Waals surface area contributed by atoms with E-state index in [1.54, 1.807) is 18.2 Å². The van der Waals surface area contributed by atoms with Crippen LogP contribution in [0, 0.1) is 0 Å². The van der Waals surface area contributed by atoms with Gasteiger partial charge in [-0.3, -0.25) is 0 Å². The maximum Gasteiger partial charge on any atom is 0.336 e. The van der Waals surface area contributed by atoms with Crippen molar-refractivity contribution in [2.75, 3.05) is 0 Å². The molecule has 0 atom stereocenters. The van der Waals surface area contributed by atoms with Gasteiger partial charge in [0.25, 0.3) is 0 Å². The smallest absolute Gasteiger partial charge is 0.336 e. The highest BCUT2D eigenvalue weighted by molar-refractivity contribution is 9.10. The Morgan fingerprint density at radius 2 is 1.89 bits per heavy atom. The third-order valence-electron chi connectivity index (χ3n) is 3.28. The fraction of sp³-hybridized carbons (Fsp3) is 0.500. The Morgan fingerprint density at radius 1 is 1.22 bits per heavy atom. The predicted molar refractivity (Wildman–Crippen MR) is 73.2 cm³/mol. The van der Waals surface area contributed by atoms with Crippen LogP contribution in [0.1, 0.15) is 48.9 Å². The highest BCUT2D eigenvalue weighted by atomic mass is 79.9. The third kappa shape index (κ3) is 3.48. The first-order valence-corrected chi connectivity index (χ1v) is 7.15. The van der Waals surface area contributed by atoms with Crippen LogP contribution < -0.4 is 4.74 Å². The number of carboxylic acids is 1. The normalized spacial score (nSPS) is 17.2. The maximum atomic E-state index is 10.9. The topological polar surface area (TPSA) is 46.5 Å². The number of rotatable bonds is 3. The zero-order valence-corrected chi connectivity index (χ0v) is 11.8. The molecule has 1 aliphatic rings. The number of hydrogen-bond acceptors (Lipinski definition) is 2. The Labute approximate surface area is 115 Å². The summed E-state index contributed by atoms with van der Waals surface area (Å²) in [5, 5.41) is 8.94. The molecule has 0 aliphatic heterocycles. The van der Waals surface area contributed by atoms with E-state index in [2.05, 4.69) is 15.9 Å². The maximum absolute atomic E-state index is 10.9. The number of benzene rings is 1. The summed E-state index contributed by atoms with van der Waals surface area (Å²) in [7, 11) is 0. The molecule has 1 N–H and O–H groups in total. The van der Waals surface area contributed by atoms with Crippen molar-refractivity contribution in [1.29, 1.82) is 0 Å². The van der Waals surface area contributed by atoms with Gasteiger partial charge in [-0.25, -0.2) is 4.79 Å². The van der Waals surface area contributed by atoms with Gasteiger partial charge < -0.3 is 9.84 Å². The van der Waals surface area contributed by atoms with Crippen LogP contribution in [0.5, 0.6) is 5.75 Å². The molecule has 0 bridgehead atoms. The van der Waals surface area contributed by atoms with Crippen LogP contribution in [0.2, 0.25) is 0 Å². The second kappa shape index (κ2) is 6.23.